The average Bonchev–Trinajstić information content (AvgIpc) is 3.53. The molecule has 0 aromatic heterocycles. The molecule has 4 rings (SSSR count). The Labute approximate surface area is 214 Å². The van der Waals surface area contributed by atoms with Crippen LogP contribution in [0.1, 0.15) is 70.3 Å². The van der Waals surface area contributed by atoms with E-state index in [1.807, 2.05) is 30.3 Å². The summed E-state index contributed by atoms with van der Waals surface area (Å²) in [4.78, 5) is 42.4. The number of rotatable bonds is 14. The van der Waals surface area contributed by atoms with Crippen LogP contribution in [0.15, 0.2) is 30.3 Å². The molecule has 3 saturated heterocycles. The maximum absolute atomic E-state index is 13.8. The smallest absolute Gasteiger partial charge is 0.245 e. The molecule has 3 N–H and O–H groups in total. The standard InChI is InChI=1S/C28H41N3O5/c1-2-3-9-16-29-26(34)24-28-15-14-21(36-28)22(25(33)30-19-20-12-7-6-8-13-20)23(28)27(35)31(24)17-10-4-5-11-18-32/h6-8,12-13,21-24,32H,2-5,9-11,14-19H2,1H3,(H,29,34)(H,30,33)/t21-,22+,23+,24?,28?/m1/s1. The number of amides is 3. The first-order valence-electron chi connectivity index (χ1n) is 13.7. The fourth-order valence-electron chi connectivity index (χ4n) is 6.33. The summed E-state index contributed by atoms with van der Waals surface area (Å²) in [5.74, 6) is -1.67. The number of hydrogen-bond acceptors (Lipinski definition) is 5. The molecule has 36 heavy (non-hydrogen) atoms. The number of hydrogen-bond donors (Lipinski definition) is 3. The van der Waals surface area contributed by atoms with Gasteiger partial charge in [0.1, 0.15) is 11.6 Å². The molecule has 2 bridgehead atoms. The molecule has 1 spiro atoms. The maximum atomic E-state index is 13.8. The third-order valence-electron chi connectivity index (χ3n) is 8.05. The Hall–Kier alpha value is -2.45. The number of fused-ring (bicyclic) bond motifs is 1. The molecule has 0 aliphatic carbocycles. The number of aliphatic hydroxyl groups excluding tert-OH is 1. The van der Waals surface area contributed by atoms with Gasteiger partial charge in [0.05, 0.1) is 17.9 Å². The molecule has 3 amide bonds. The molecule has 8 heteroatoms. The Morgan fingerprint density at radius 2 is 1.83 bits per heavy atom. The van der Waals surface area contributed by atoms with Gasteiger partial charge in [-0.2, -0.15) is 0 Å². The molecule has 2 unspecified atom stereocenters. The van der Waals surface area contributed by atoms with E-state index >= 15 is 0 Å². The van der Waals surface area contributed by atoms with E-state index in [0.29, 0.717) is 32.5 Å². The van der Waals surface area contributed by atoms with Gasteiger partial charge < -0.3 is 25.4 Å². The SMILES string of the molecule is CCCCCNC(=O)C1N(CCCCCCO)C(=O)[C@@H]2[C@@H](C(=O)NCc3ccccc3)[C@H]3CCC12O3. The highest BCUT2D eigenvalue weighted by Crippen LogP contribution is 2.58. The number of likely N-dealkylation sites (tertiary alicyclic amines) is 1. The van der Waals surface area contributed by atoms with Crippen molar-refractivity contribution in [2.45, 2.75) is 89.0 Å². The number of unbranched alkanes of at least 4 members (excludes halogenated alkanes) is 5. The van der Waals surface area contributed by atoms with Crippen molar-refractivity contribution >= 4 is 17.7 Å². The zero-order valence-corrected chi connectivity index (χ0v) is 21.4. The van der Waals surface area contributed by atoms with Gasteiger partial charge in [0.15, 0.2) is 0 Å². The molecule has 3 aliphatic heterocycles. The van der Waals surface area contributed by atoms with Crippen LogP contribution in [-0.2, 0) is 25.7 Å². The van der Waals surface area contributed by atoms with E-state index in [2.05, 4.69) is 17.6 Å². The Morgan fingerprint density at radius 1 is 1.06 bits per heavy atom. The fraction of sp³-hybridized carbons (Fsp3) is 0.679. The lowest BCUT2D eigenvalue weighted by Crippen LogP contribution is -2.55. The van der Waals surface area contributed by atoms with Crippen LogP contribution < -0.4 is 10.6 Å². The summed E-state index contributed by atoms with van der Waals surface area (Å²) in [7, 11) is 0. The van der Waals surface area contributed by atoms with Gasteiger partial charge in [-0.3, -0.25) is 14.4 Å². The highest BCUT2D eigenvalue weighted by atomic mass is 16.5. The van der Waals surface area contributed by atoms with Crippen molar-refractivity contribution < 1.29 is 24.2 Å². The van der Waals surface area contributed by atoms with Crippen molar-refractivity contribution in [3.05, 3.63) is 35.9 Å². The van der Waals surface area contributed by atoms with E-state index in [4.69, 9.17) is 9.84 Å². The summed E-state index contributed by atoms with van der Waals surface area (Å²) in [5.41, 5.74) is 0.0624. The number of aliphatic hydroxyl groups is 1. The maximum Gasteiger partial charge on any atom is 0.245 e. The summed E-state index contributed by atoms with van der Waals surface area (Å²) in [5, 5.41) is 15.1. The molecule has 1 aromatic carbocycles. The molecule has 3 fully saturated rings. The van der Waals surface area contributed by atoms with Crippen molar-refractivity contribution in [2.75, 3.05) is 19.7 Å². The molecule has 5 atom stereocenters. The average molecular weight is 500 g/mol. The largest absolute Gasteiger partial charge is 0.396 e. The lowest BCUT2D eigenvalue weighted by atomic mass is 9.70. The molecule has 8 nitrogen and oxygen atoms in total. The van der Waals surface area contributed by atoms with Gasteiger partial charge >= 0.3 is 0 Å². The Morgan fingerprint density at radius 3 is 2.58 bits per heavy atom. The summed E-state index contributed by atoms with van der Waals surface area (Å²) in [6.45, 7) is 3.71. The Kier molecular flexibility index (Phi) is 9.01. The van der Waals surface area contributed by atoms with E-state index in [-0.39, 0.29) is 30.4 Å². The van der Waals surface area contributed by atoms with Crippen LogP contribution in [0.4, 0.5) is 0 Å². The number of benzene rings is 1. The number of ether oxygens (including phenoxy) is 1. The lowest BCUT2D eigenvalue weighted by Gasteiger charge is -2.33. The van der Waals surface area contributed by atoms with Crippen molar-refractivity contribution in [1.29, 1.82) is 0 Å². The zero-order chi connectivity index (χ0) is 25.5. The summed E-state index contributed by atoms with van der Waals surface area (Å²) in [6.07, 6.45) is 7.19. The van der Waals surface area contributed by atoms with Gasteiger partial charge in [-0.05, 0) is 37.7 Å². The van der Waals surface area contributed by atoms with Crippen LogP contribution in [-0.4, -0.2) is 65.2 Å². The van der Waals surface area contributed by atoms with Crippen molar-refractivity contribution in [3.63, 3.8) is 0 Å². The van der Waals surface area contributed by atoms with Gasteiger partial charge in [-0.25, -0.2) is 0 Å². The van der Waals surface area contributed by atoms with Gasteiger partial charge in [0.2, 0.25) is 17.7 Å². The van der Waals surface area contributed by atoms with Gasteiger partial charge in [0, 0.05) is 26.2 Å². The van der Waals surface area contributed by atoms with E-state index in [0.717, 1.165) is 50.5 Å². The number of carbonyl (C=O) groups is 3. The van der Waals surface area contributed by atoms with Crippen LogP contribution >= 0.6 is 0 Å². The Balaban J connectivity index is 1.50. The minimum atomic E-state index is -0.934. The molecule has 3 aliphatic rings. The second-order valence-electron chi connectivity index (χ2n) is 10.4. The topological polar surface area (TPSA) is 108 Å². The van der Waals surface area contributed by atoms with Crippen molar-refractivity contribution in [2.24, 2.45) is 11.8 Å². The molecule has 3 heterocycles. The van der Waals surface area contributed by atoms with Crippen molar-refractivity contribution in [3.8, 4) is 0 Å². The highest BCUT2D eigenvalue weighted by Gasteiger charge is 2.74. The first-order valence-corrected chi connectivity index (χ1v) is 13.7. The third kappa shape index (κ3) is 5.30. The predicted molar refractivity (Wildman–Crippen MR) is 136 cm³/mol. The van der Waals surface area contributed by atoms with E-state index < -0.39 is 23.5 Å². The number of nitrogens with zero attached hydrogens (tertiary/aromatic N) is 1. The van der Waals surface area contributed by atoms with Gasteiger partial charge in [0.25, 0.3) is 0 Å². The predicted octanol–water partition coefficient (Wildman–Crippen LogP) is 2.54. The summed E-state index contributed by atoms with van der Waals surface area (Å²) < 4.78 is 6.46. The number of carbonyl (C=O) groups excluding carboxylic acids is 3. The molecule has 1 aromatic rings. The van der Waals surface area contributed by atoms with Crippen LogP contribution in [0.2, 0.25) is 0 Å². The molecule has 198 valence electrons. The normalized spacial score (nSPS) is 28.4. The molecule has 0 saturated carbocycles. The third-order valence-corrected chi connectivity index (χ3v) is 8.05. The molecular formula is C28H41N3O5. The zero-order valence-electron chi connectivity index (χ0n) is 21.4. The monoisotopic (exact) mass is 499 g/mol. The minimum absolute atomic E-state index is 0.132. The molecular weight excluding hydrogens is 458 g/mol. The van der Waals surface area contributed by atoms with E-state index in [1.165, 1.54) is 0 Å². The van der Waals surface area contributed by atoms with Crippen LogP contribution in [0, 0.1) is 11.8 Å². The first kappa shape index (κ1) is 26.6. The lowest BCUT2D eigenvalue weighted by molar-refractivity contribution is -0.142. The van der Waals surface area contributed by atoms with Gasteiger partial charge in [-0.1, -0.05) is 62.9 Å². The number of nitrogens with one attached hydrogen (secondary N) is 2. The first-order chi connectivity index (χ1) is 17.5. The summed E-state index contributed by atoms with van der Waals surface area (Å²) >= 11 is 0. The highest BCUT2D eigenvalue weighted by molar-refractivity contribution is 5.98. The molecule has 0 radical (unpaired) electrons. The minimum Gasteiger partial charge on any atom is -0.396 e. The fourth-order valence-corrected chi connectivity index (χ4v) is 6.33. The van der Waals surface area contributed by atoms with Crippen LogP contribution in [0.5, 0.6) is 0 Å². The second-order valence-corrected chi connectivity index (χ2v) is 10.4. The summed E-state index contributed by atoms with van der Waals surface area (Å²) in [6, 6.07) is 9.00. The van der Waals surface area contributed by atoms with Crippen LogP contribution in [0.25, 0.3) is 0 Å². The quantitative estimate of drug-likeness (QED) is 0.341. The van der Waals surface area contributed by atoms with E-state index in [9.17, 15) is 14.4 Å². The Bertz CT molecular complexity index is 910. The second kappa shape index (κ2) is 12.2. The van der Waals surface area contributed by atoms with E-state index in [1.54, 1.807) is 4.90 Å². The van der Waals surface area contributed by atoms with Gasteiger partial charge in [-0.15, -0.1) is 0 Å². The van der Waals surface area contributed by atoms with Crippen LogP contribution in [0.3, 0.4) is 0 Å². The van der Waals surface area contributed by atoms with Crippen molar-refractivity contribution in [1.82, 2.24) is 15.5 Å².